The Labute approximate surface area is 186 Å². The smallest absolute Gasteiger partial charge is 0.251 e. The molecule has 0 unspecified atom stereocenters. The highest BCUT2D eigenvalue weighted by atomic mass is 35.5. The first-order valence-corrected chi connectivity index (χ1v) is 10.3. The zero-order chi connectivity index (χ0) is 22.4. The Kier molecular flexibility index (Phi) is 7.25. The number of carbonyl (C=O) groups is 2. The van der Waals surface area contributed by atoms with Crippen LogP contribution in [0.3, 0.4) is 0 Å². The number of aryl methyl sites for hydroxylation is 1. The molecule has 0 aliphatic rings. The third kappa shape index (κ3) is 6.05. The highest BCUT2D eigenvalue weighted by Gasteiger charge is 2.12. The summed E-state index contributed by atoms with van der Waals surface area (Å²) in [5.74, 6) is 0.0264. The normalized spacial score (nSPS) is 10.7. The van der Waals surface area contributed by atoms with Crippen molar-refractivity contribution in [2.75, 3.05) is 23.7 Å². The van der Waals surface area contributed by atoms with Crippen molar-refractivity contribution in [3.05, 3.63) is 65.2 Å². The van der Waals surface area contributed by atoms with E-state index >= 15 is 0 Å². The third-order valence-electron chi connectivity index (χ3n) is 4.50. The maximum absolute atomic E-state index is 12.5. The molecule has 1 heterocycles. The van der Waals surface area contributed by atoms with Crippen molar-refractivity contribution in [3.8, 4) is 5.69 Å². The zero-order valence-corrected chi connectivity index (χ0v) is 18.4. The minimum absolute atomic E-state index is 0.0447. The van der Waals surface area contributed by atoms with Gasteiger partial charge < -0.3 is 16.0 Å². The predicted octanol–water partition coefficient (Wildman–Crippen LogP) is 3.67. The summed E-state index contributed by atoms with van der Waals surface area (Å²) in [5.41, 5.74) is 3.42. The Morgan fingerprint density at radius 1 is 1.13 bits per heavy atom. The van der Waals surface area contributed by atoms with Gasteiger partial charge in [0.25, 0.3) is 5.91 Å². The predicted molar refractivity (Wildman–Crippen MR) is 122 cm³/mol. The number of amides is 2. The molecule has 9 heteroatoms. The van der Waals surface area contributed by atoms with Crippen molar-refractivity contribution >= 4 is 34.8 Å². The summed E-state index contributed by atoms with van der Waals surface area (Å²) in [6, 6.07) is 10.5. The summed E-state index contributed by atoms with van der Waals surface area (Å²) < 4.78 is 1.55. The van der Waals surface area contributed by atoms with E-state index in [9.17, 15) is 9.59 Å². The lowest BCUT2D eigenvalue weighted by molar-refractivity contribution is -0.114. The SMILES string of the molecule is Cc1cc(C(=O)NCC(C)C)ccc1NCC(=O)Nc1cc(Cl)ccc1-n1cncn1. The van der Waals surface area contributed by atoms with Gasteiger partial charge in [-0.05, 0) is 54.8 Å². The molecule has 0 aliphatic heterocycles. The van der Waals surface area contributed by atoms with Crippen molar-refractivity contribution in [2.24, 2.45) is 5.92 Å². The molecule has 0 bridgehead atoms. The second-order valence-corrected chi connectivity index (χ2v) is 7.97. The van der Waals surface area contributed by atoms with E-state index in [4.69, 9.17) is 11.6 Å². The number of carbonyl (C=O) groups excluding carboxylic acids is 2. The molecule has 0 saturated heterocycles. The molecule has 0 saturated carbocycles. The second-order valence-electron chi connectivity index (χ2n) is 7.54. The summed E-state index contributed by atoms with van der Waals surface area (Å²) in [7, 11) is 0. The van der Waals surface area contributed by atoms with Gasteiger partial charge in [0.05, 0.1) is 17.9 Å². The van der Waals surface area contributed by atoms with Crippen molar-refractivity contribution < 1.29 is 9.59 Å². The molecule has 0 atom stereocenters. The van der Waals surface area contributed by atoms with Crippen molar-refractivity contribution in [1.82, 2.24) is 20.1 Å². The van der Waals surface area contributed by atoms with Crippen LogP contribution in [-0.2, 0) is 4.79 Å². The van der Waals surface area contributed by atoms with Gasteiger partial charge in [0, 0.05) is 22.8 Å². The van der Waals surface area contributed by atoms with E-state index in [0.717, 1.165) is 11.3 Å². The fourth-order valence-corrected chi connectivity index (χ4v) is 3.08. The molecule has 3 aromatic rings. The largest absolute Gasteiger partial charge is 0.376 e. The molecule has 3 N–H and O–H groups in total. The van der Waals surface area contributed by atoms with Gasteiger partial charge in [0.15, 0.2) is 0 Å². The van der Waals surface area contributed by atoms with Crippen LogP contribution in [0.4, 0.5) is 11.4 Å². The lowest BCUT2D eigenvalue weighted by Crippen LogP contribution is -2.27. The van der Waals surface area contributed by atoms with E-state index in [1.165, 1.54) is 6.33 Å². The monoisotopic (exact) mass is 440 g/mol. The van der Waals surface area contributed by atoms with Gasteiger partial charge in [-0.15, -0.1) is 0 Å². The number of hydrogen-bond donors (Lipinski definition) is 3. The molecular weight excluding hydrogens is 416 g/mol. The number of anilines is 2. The quantitative estimate of drug-likeness (QED) is 0.496. The lowest BCUT2D eigenvalue weighted by atomic mass is 10.1. The lowest BCUT2D eigenvalue weighted by Gasteiger charge is -2.14. The van der Waals surface area contributed by atoms with E-state index in [0.29, 0.717) is 34.4 Å². The zero-order valence-electron chi connectivity index (χ0n) is 17.6. The molecule has 0 spiro atoms. The minimum atomic E-state index is -0.248. The van der Waals surface area contributed by atoms with Crippen LogP contribution in [0, 0.1) is 12.8 Å². The summed E-state index contributed by atoms with van der Waals surface area (Å²) in [6.45, 7) is 6.64. The molecule has 162 valence electrons. The van der Waals surface area contributed by atoms with Gasteiger partial charge in [0.1, 0.15) is 12.7 Å². The number of benzene rings is 2. The summed E-state index contributed by atoms with van der Waals surface area (Å²) in [4.78, 5) is 28.7. The first-order valence-electron chi connectivity index (χ1n) is 9.90. The molecule has 0 aliphatic carbocycles. The molecule has 8 nitrogen and oxygen atoms in total. The molecular formula is C22H25ClN6O2. The minimum Gasteiger partial charge on any atom is -0.376 e. The average molecular weight is 441 g/mol. The molecule has 0 fully saturated rings. The number of halogens is 1. The van der Waals surface area contributed by atoms with Crippen molar-refractivity contribution in [3.63, 3.8) is 0 Å². The number of rotatable bonds is 8. The van der Waals surface area contributed by atoms with Crippen molar-refractivity contribution in [1.29, 1.82) is 0 Å². The average Bonchev–Trinajstić information content (AvgIpc) is 3.25. The topological polar surface area (TPSA) is 101 Å². The molecule has 0 radical (unpaired) electrons. The van der Waals surface area contributed by atoms with E-state index in [1.807, 2.05) is 20.8 Å². The highest BCUT2D eigenvalue weighted by molar-refractivity contribution is 6.31. The van der Waals surface area contributed by atoms with Gasteiger partial charge in [-0.2, -0.15) is 5.10 Å². The molecule has 3 rings (SSSR count). The van der Waals surface area contributed by atoms with Gasteiger partial charge in [-0.1, -0.05) is 25.4 Å². The van der Waals surface area contributed by atoms with E-state index < -0.39 is 0 Å². The Bertz CT molecular complexity index is 1070. The fourth-order valence-electron chi connectivity index (χ4n) is 2.91. The van der Waals surface area contributed by atoms with Crippen LogP contribution in [0.2, 0.25) is 5.02 Å². The first-order chi connectivity index (χ1) is 14.8. The third-order valence-corrected chi connectivity index (χ3v) is 4.73. The van der Waals surface area contributed by atoms with Gasteiger partial charge in [-0.3, -0.25) is 9.59 Å². The van der Waals surface area contributed by atoms with Crippen LogP contribution in [0.1, 0.15) is 29.8 Å². The maximum Gasteiger partial charge on any atom is 0.251 e. The van der Waals surface area contributed by atoms with Gasteiger partial charge in [-0.25, -0.2) is 9.67 Å². The Balaban J connectivity index is 1.63. The first kappa shape index (κ1) is 22.3. The standard InChI is InChI=1S/C22H25ClN6O2/c1-14(2)10-26-22(31)16-4-6-18(15(3)8-16)25-11-21(30)28-19-9-17(23)5-7-20(19)29-13-24-12-27-29/h4-9,12-14,25H,10-11H2,1-3H3,(H,26,31)(H,28,30). The second kappa shape index (κ2) is 10.1. The Morgan fingerprint density at radius 3 is 2.61 bits per heavy atom. The molecule has 2 aromatic carbocycles. The molecule has 31 heavy (non-hydrogen) atoms. The summed E-state index contributed by atoms with van der Waals surface area (Å²) >= 11 is 6.09. The number of aromatic nitrogens is 3. The van der Waals surface area contributed by atoms with E-state index in [-0.39, 0.29) is 18.4 Å². The molecule has 1 aromatic heterocycles. The van der Waals surface area contributed by atoms with Crippen molar-refractivity contribution in [2.45, 2.75) is 20.8 Å². The van der Waals surface area contributed by atoms with Crippen LogP contribution in [-0.4, -0.2) is 39.7 Å². The van der Waals surface area contributed by atoms with E-state index in [1.54, 1.807) is 47.4 Å². The van der Waals surface area contributed by atoms with Gasteiger partial charge in [0.2, 0.25) is 5.91 Å². The van der Waals surface area contributed by atoms with E-state index in [2.05, 4.69) is 26.0 Å². The number of nitrogens with zero attached hydrogens (tertiary/aromatic N) is 3. The number of hydrogen-bond acceptors (Lipinski definition) is 5. The van der Waals surface area contributed by atoms with Crippen LogP contribution >= 0.6 is 11.6 Å². The fraction of sp³-hybridized carbons (Fsp3) is 0.273. The Morgan fingerprint density at radius 2 is 1.94 bits per heavy atom. The Hall–Kier alpha value is -3.39. The summed E-state index contributed by atoms with van der Waals surface area (Å²) in [6.07, 6.45) is 2.96. The van der Waals surface area contributed by atoms with Crippen LogP contribution in [0.25, 0.3) is 5.69 Å². The number of nitrogens with one attached hydrogen (secondary N) is 3. The van der Waals surface area contributed by atoms with Gasteiger partial charge >= 0.3 is 0 Å². The maximum atomic E-state index is 12.5. The molecule has 2 amide bonds. The van der Waals surface area contributed by atoms with Crippen LogP contribution in [0.5, 0.6) is 0 Å². The highest BCUT2D eigenvalue weighted by Crippen LogP contribution is 2.24. The van der Waals surface area contributed by atoms with Crippen LogP contribution < -0.4 is 16.0 Å². The van der Waals surface area contributed by atoms with Crippen LogP contribution in [0.15, 0.2) is 49.1 Å². The summed E-state index contributed by atoms with van der Waals surface area (Å²) in [5, 5.41) is 13.4.